The molecule has 3 N–H and O–H groups in total. The molecule has 8 heteroatoms. The van der Waals surface area contributed by atoms with Crippen molar-refractivity contribution >= 4 is 21.2 Å². The van der Waals surface area contributed by atoms with E-state index in [0.717, 1.165) is 38.0 Å². The van der Waals surface area contributed by atoms with E-state index in [2.05, 4.69) is 5.32 Å². The average Bonchev–Trinajstić information content (AvgIpc) is 2.40. The molecule has 7 nitrogen and oxygen atoms in total. The van der Waals surface area contributed by atoms with Crippen LogP contribution in [0.2, 0.25) is 0 Å². The second-order valence-electron chi connectivity index (χ2n) is 5.41. The summed E-state index contributed by atoms with van der Waals surface area (Å²) >= 11 is 0. The van der Waals surface area contributed by atoms with Crippen molar-refractivity contribution in [1.82, 2.24) is 0 Å². The topological polar surface area (TPSA) is 115 Å². The van der Waals surface area contributed by atoms with Crippen LogP contribution in [0.1, 0.15) is 25.7 Å². The molecule has 0 radical (unpaired) electrons. The summed E-state index contributed by atoms with van der Waals surface area (Å²) in [7, 11) is -3.48. The van der Waals surface area contributed by atoms with E-state index in [0.29, 0.717) is 5.69 Å². The molecule has 2 unspecified atom stereocenters. The molecule has 1 aromatic rings. The lowest BCUT2D eigenvalue weighted by Gasteiger charge is -2.30. The Bertz CT molecular complexity index is 645. The van der Waals surface area contributed by atoms with Crippen LogP contribution >= 0.6 is 0 Å². The highest BCUT2D eigenvalue weighted by molar-refractivity contribution is 7.90. The van der Waals surface area contributed by atoms with Gasteiger partial charge in [-0.25, -0.2) is 8.42 Å². The van der Waals surface area contributed by atoms with Crippen LogP contribution in [0.25, 0.3) is 0 Å². The molecule has 1 saturated carbocycles. The summed E-state index contributed by atoms with van der Waals surface area (Å²) < 4.78 is 23.0. The first-order valence-corrected chi connectivity index (χ1v) is 8.69. The third kappa shape index (κ3) is 3.70. The van der Waals surface area contributed by atoms with Crippen molar-refractivity contribution < 1.29 is 13.3 Å². The molecule has 21 heavy (non-hydrogen) atoms. The van der Waals surface area contributed by atoms with Gasteiger partial charge in [-0.15, -0.1) is 0 Å². The Morgan fingerprint density at radius 1 is 1.33 bits per heavy atom. The summed E-state index contributed by atoms with van der Waals surface area (Å²) in [5.74, 6) is 0. The number of nitrogens with one attached hydrogen (secondary N) is 1. The zero-order valence-electron chi connectivity index (χ0n) is 11.8. The SMILES string of the molecule is CS(=O)(=O)c1ccc(NC2CCCCC2N)c([N+](=O)[O-])c1. The van der Waals surface area contributed by atoms with Crippen molar-refractivity contribution in [3.05, 3.63) is 28.3 Å². The van der Waals surface area contributed by atoms with Crippen molar-refractivity contribution in [2.45, 2.75) is 42.7 Å². The Hall–Kier alpha value is -1.67. The Morgan fingerprint density at radius 3 is 2.57 bits per heavy atom. The van der Waals surface area contributed by atoms with E-state index < -0.39 is 14.8 Å². The van der Waals surface area contributed by atoms with Crippen molar-refractivity contribution in [3.8, 4) is 0 Å². The Kier molecular flexibility index (Phi) is 4.48. The number of benzene rings is 1. The first-order chi connectivity index (χ1) is 9.79. The van der Waals surface area contributed by atoms with E-state index in [1.54, 1.807) is 0 Å². The standard InChI is InChI=1S/C13H19N3O4S/c1-21(19,20)9-6-7-12(13(8-9)16(17)18)15-11-5-3-2-4-10(11)14/h6-8,10-11,15H,2-5,14H2,1H3. The first kappa shape index (κ1) is 15.7. The monoisotopic (exact) mass is 313 g/mol. The van der Waals surface area contributed by atoms with Gasteiger partial charge in [0.25, 0.3) is 5.69 Å². The number of nitro benzene ring substituents is 1. The Morgan fingerprint density at radius 2 is 2.00 bits per heavy atom. The molecular formula is C13H19N3O4S. The van der Waals surface area contributed by atoms with Gasteiger partial charge >= 0.3 is 0 Å². The molecule has 0 aliphatic heterocycles. The summed E-state index contributed by atoms with van der Waals surface area (Å²) in [4.78, 5) is 10.5. The zero-order chi connectivity index (χ0) is 15.6. The Balaban J connectivity index is 2.32. The number of nitrogens with two attached hydrogens (primary N) is 1. The van der Waals surface area contributed by atoms with Crippen molar-refractivity contribution in [3.63, 3.8) is 0 Å². The van der Waals surface area contributed by atoms with E-state index in [1.807, 2.05) is 0 Å². The van der Waals surface area contributed by atoms with Gasteiger partial charge < -0.3 is 11.1 Å². The van der Waals surface area contributed by atoms with Gasteiger partial charge in [-0.2, -0.15) is 0 Å². The van der Waals surface area contributed by atoms with Crippen LogP contribution in [0.4, 0.5) is 11.4 Å². The van der Waals surface area contributed by atoms with Crippen molar-refractivity contribution in [2.24, 2.45) is 5.73 Å². The van der Waals surface area contributed by atoms with Crippen LogP contribution < -0.4 is 11.1 Å². The molecule has 2 rings (SSSR count). The van der Waals surface area contributed by atoms with E-state index in [-0.39, 0.29) is 22.7 Å². The summed E-state index contributed by atoms with van der Waals surface area (Å²) in [5, 5.41) is 14.3. The lowest BCUT2D eigenvalue weighted by Crippen LogP contribution is -2.42. The fourth-order valence-electron chi connectivity index (χ4n) is 2.55. The molecule has 1 fully saturated rings. The van der Waals surface area contributed by atoms with Crippen molar-refractivity contribution in [1.29, 1.82) is 0 Å². The van der Waals surface area contributed by atoms with E-state index >= 15 is 0 Å². The number of sulfone groups is 1. The molecular weight excluding hydrogens is 294 g/mol. The van der Waals surface area contributed by atoms with Gasteiger partial charge in [0, 0.05) is 24.4 Å². The minimum Gasteiger partial charge on any atom is -0.375 e. The van der Waals surface area contributed by atoms with Crippen LogP contribution in [0.15, 0.2) is 23.1 Å². The highest BCUT2D eigenvalue weighted by Crippen LogP contribution is 2.30. The number of hydrogen-bond acceptors (Lipinski definition) is 6. The van der Waals surface area contributed by atoms with E-state index in [9.17, 15) is 18.5 Å². The molecule has 2 atom stereocenters. The van der Waals surface area contributed by atoms with Gasteiger partial charge in [-0.05, 0) is 25.0 Å². The maximum Gasteiger partial charge on any atom is 0.293 e. The molecule has 0 spiro atoms. The number of anilines is 1. The van der Waals surface area contributed by atoms with Crippen molar-refractivity contribution in [2.75, 3.05) is 11.6 Å². The molecule has 1 aromatic carbocycles. The average molecular weight is 313 g/mol. The summed E-state index contributed by atoms with van der Waals surface area (Å²) in [6.45, 7) is 0. The van der Waals surface area contributed by atoms with Gasteiger partial charge in [0.15, 0.2) is 9.84 Å². The quantitative estimate of drug-likeness (QED) is 0.645. The zero-order valence-corrected chi connectivity index (χ0v) is 12.6. The third-order valence-electron chi connectivity index (χ3n) is 3.75. The summed E-state index contributed by atoms with van der Waals surface area (Å²) in [5.41, 5.74) is 6.10. The van der Waals surface area contributed by atoms with Gasteiger partial charge in [0.05, 0.1) is 9.82 Å². The maximum atomic E-state index is 11.5. The normalized spacial score (nSPS) is 22.8. The molecule has 0 heterocycles. The smallest absolute Gasteiger partial charge is 0.293 e. The maximum absolute atomic E-state index is 11.5. The first-order valence-electron chi connectivity index (χ1n) is 6.79. The van der Waals surface area contributed by atoms with Gasteiger partial charge in [0.2, 0.25) is 0 Å². The van der Waals surface area contributed by atoms with Gasteiger partial charge in [-0.3, -0.25) is 10.1 Å². The number of hydrogen-bond donors (Lipinski definition) is 2. The molecule has 0 amide bonds. The van der Waals surface area contributed by atoms with Crippen LogP contribution in [-0.4, -0.2) is 31.7 Å². The van der Waals surface area contributed by atoms with Crippen LogP contribution in [0.3, 0.4) is 0 Å². The lowest BCUT2D eigenvalue weighted by atomic mass is 9.91. The number of rotatable bonds is 4. The Labute approximate surface area is 123 Å². The summed E-state index contributed by atoms with van der Waals surface area (Å²) in [6.07, 6.45) is 4.85. The highest BCUT2D eigenvalue weighted by Gasteiger charge is 2.25. The molecule has 1 aliphatic rings. The third-order valence-corrected chi connectivity index (χ3v) is 4.86. The number of nitro groups is 1. The lowest BCUT2D eigenvalue weighted by molar-refractivity contribution is -0.384. The second-order valence-corrected chi connectivity index (χ2v) is 7.42. The summed E-state index contributed by atoms with van der Waals surface area (Å²) in [6, 6.07) is 3.83. The molecule has 0 aromatic heterocycles. The molecule has 0 saturated heterocycles. The van der Waals surface area contributed by atoms with E-state index in [4.69, 9.17) is 5.73 Å². The minimum absolute atomic E-state index is 0.0264. The fourth-order valence-corrected chi connectivity index (χ4v) is 3.19. The van der Waals surface area contributed by atoms with E-state index in [1.165, 1.54) is 12.1 Å². The molecule has 116 valence electrons. The minimum atomic E-state index is -3.48. The second kappa shape index (κ2) is 5.98. The van der Waals surface area contributed by atoms with Crippen LogP contribution in [0.5, 0.6) is 0 Å². The molecule has 0 bridgehead atoms. The van der Waals surface area contributed by atoms with Gasteiger partial charge in [0.1, 0.15) is 5.69 Å². The highest BCUT2D eigenvalue weighted by atomic mass is 32.2. The largest absolute Gasteiger partial charge is 0.375 e. The predicted octanol–water partition coefficient (Wildman–Crippen LogP) is 1.68. The van der Waals surface area contributed by atoms with Crippen LogP contribution in [0, 0.1) is 10.1 Å². The van der Waals surface area contributed by atoms with Crippen LogP contribution in [-0.2, 0) is 9.84 Å². The fraction of sp³-hybridized carbons (Fsp3) is 0.538. The number of nitrogens with zero attached hydrogens (tertiary/aromatic N) is 1. The predicted molar refractivity (Wildman–Crippen MR) is 80.1 cm³/mol. The molecule has 1 aliphatic carbocycles. The van der Waals surface area contributed by atoms with Gasteiger partial charge in [-0.1, -0.05) is 12.8 Å².